The summed E-state index contributed by atoms with van der Waals surface area (Å²) in [4.78, 5) is 0. The Morgan fingerprint density at radius 3 is 2.92 bits per heavy atom. The van der Waals surface area contributed by atoms with E-state index >= 15 is 0 Å². The van der Waals surface area contributed by atoms with Crippen LogP contribution in [0.25, 0.3) is 0 Å². The molecule has 0 bridgehead atoms. The van der Waals surface area contributed by atoms with Gasteiger partial charge in [0.2, 0.25) is 0 Å². The van der Waals surface area contributed by atoms with E-state index in [1.807, 2.05) is 6.07 Å². The molecule has 0 saturated heterocycles. The minimum Gasteiger partial charge on any atom is -0.491 e. The van der Waals surface area contributed by atoms with Gasteiger partial charge in [-0.1, -0.05) is 45.8 Å². The fraction of sp³-hybridized carbons (Fsp3) is 0.333. The smallest absolute Gasteiger partial charge is 0.141 e. The molecule has 1 unspecified atom stereocenters. The van der Waals surface area contributed by atoms with Crippen molar-refractivity contribution in [2.24, 2.45) is 0 Å². The van der Waals surface area contributed by atoms with Gasteiger partial charge in [0.15, 0.2) is 0 Å². The summed E-state index contributed by atoms with van der Waals surface area (Å²) >= 11 is 14.2. The second-order valence-electron chi connectivity index (χ2n) is 2.99. The van der Waals surface area contributed by atoms with Crippen LogP contribution in [0, 0.1) is 0 Å². The van der Waals surface area contributed by atoms with Crippen LogP contribution in [0.3, 0.4) is 0 Å². The molecule has 1 heterocycles. The molecule has 1 aromatic carbocycles. The highest BCUT2D eigenvalue weighted by molar-refractivity contribution is 14.1. The van der Waals surface area contributed by atoms with E-state index < -0.39 is 0 Å². The molecule has 0 N–H and O–H groups in total. The van der Waals surface area contributed by atoms with Gasteiger partial charge < -0.3 is 4.74 Å². The van der Waals surface area contributed by atoms with Gasteiger partial charge in [-0.05, 0) is 24.1 Å². The molecule has 1 aliphatic heterocycles. The molecule has 0 aromatic heterocycles. The number of rotatable bonds is 0. The fourth-order valence-corrected chi connectivity index (χ4v) is 2.64. The summed E-state index contributed by atoms with van der Waals surface area (Å²) in [6, 6.07) is 3.64. The molecule has 1 aliphatic rings. The Morgan fingerprint density at radius 2 is 2.15 bits per heavy atom. The molecule has 4 heteroatoms. The molecule has 0 aliphatic carbocycles. The Kier molecular flexibility index (Phi) is 2.91. The van der Waals surface area contributed by atoms with Crippen LogP contribution >= 0.6 is 45.8 Å². The van der Waals surface area contributed by atoms with Gasteiger partial charge in [0.05, 0.1) is 5.02 Å². The summed E-state index contributed by atoms with van der Waals surface area (Å²) in [5.41, 5.74) is 1.11. The van der Waals surface area contributed by atoms with Gasteiger partial charge in [0.25, 0.3) is 0 Å². The van der Waals surface area contributed by atoms with E-state index in [2.05, 4.69) is 22.6 Å². The van der Waals surface area contributed by atoms with Crippen molar-refractivity contribution in [3.8, 4) is 5.75 Å². The monoisotopic (exact) mass is 328 g/mol. The first-order valence-corrected chi connectivity index (χ1v) is 5.92. The largest absolute Gasteiger partial charge is 0.491 e. The van der Waals surface area contributed by atoms with Crippen molar-refractivity contribution in [2.45, 2.75) is 10.3 Å². The highest BCUT2D eigenvalue weighted by Crippen LogP contribution is 2.36. The van der Waals surface area contributed by atoms with Crippen LogP contribution in [0.1, 0.15) is 5.56 Å². The predicted molar refractivity (Wildman–Crippen MR) is 63.5 cm³/mol. The van der Waals surface area contributed by atoms with E-state index in [9.17, 15) is 0 Å². The van der Waals surface area contributed by atoms with Gasteiger partial charge in [-0.2, -0.15) is 0 Å². The zero-order valence-corrected chi connectivity index (χ0v) is 10.4. The number of fused-ring (bicyclic) bond motifs is 1. The van der Waals surface area contributed by atoms with Gasteiger partial charge in [0, 0.05) is 8.95 Å². The third kappa shape index (κ3) is 2.05. The molecule has 70 valence electrons. The summed E-state index contributed by atoms with van der Waals surface area (Å²) in [6.45, 7) is 0.731. The number of alkyl halides is 1. The number of hydrogen-bond donors (Lipinski definition) is 0. The van der Waals surface area contributed by atoms with Crippen molar-refractivity contribution < 1.29 is 4.74 Å². The van der Waals surface area contributed by atoms with Crippen LogP contribution in [0.2, 0.25) is 10.0 Å². The summed E-state index contributed by atoms with van der Waals surface area (Å²) in [6.07, 6.45) is 0.982. The van der Waals surface area contributed by atoms with Crippen molar-refractivity contribution in [3.63, 3.8) is 0 Å². The lowest BCUT2D eigenvalue weighted by Gasteiger charge is -2.22. The van der Waals surface area contributed by atoms with Crippen LogP contribution in [-0.4, -0.2) is 10.5 Å². The summed E-state index contributed by atoms with van der Waals surface area (Å²) < 4.78 is 6.04. The summed E-state index contributed by atoms with van der Waals surface area (Å²) in [5.74, 6) is 0.805. The predicted octanol–water partition coefficient (Wildman–Crippen LogP) is 3.73. The summed E-state index contributed by atoms with van der Waals surface area (Å²) in [5, 5.41) is 1.30. The Hall–Kier alpha value is 0.330. The Bertz CT molecular complexity index is 341. The number of halogens is 3. The normalized spacial score (nSPS) is 20.7. The minimum absolute atomic E-state index is 0.514. The van der Waals surface area contributed by atoms with Gasteiger partial charge in [0.1, 0.15) is 12.4 Å². The Labute approximate surface area is 101 Å². The number of ether oxygens (including phenoxy) is 1. The number of hydrogen-bond acceptors (Lipinski definition) is 1. The molecule has 0 radical (unpaired) electrons. The first-order valence-electron chi connectivity index (χ1n) is 3.91. The molecular formula is C9H7Cl2IO. The van der Waals surface area contributed by atoms with E-state index in [1.54, 1.807) is 6.07 Å². The maximum absolute atomic E-state index is 5.98. The standard InChI is InChI=1S/C9H7Cl2IO/c10-6-1-5-2-7(12)4-13-9(5)8(11)3-6/h1,3,7H,2,4H2. The maximum Gasteiger partial charge on any atom is 0.141 e. The number of benzene rings is 1. The molecule has 2 rings (SSSR count). The molecule has 13 heavy (non-hydrogen) atoms. The highest BCUT2D eigenvalue weighted by atomic mass is 127. The zero-order chi connectivity index (χ0) is 9.42. The third-order valence-corrected chi connectivity index (χ3v) is 3.23. The topological polar surface area (TPSA) is 9.23 Å². The molecule has 1 nitrogen and oxygen atoms in total. The average Bonchev–Trinajstić information content (AvgIpc) is 2.02. The quantitative estimate of drug-likeness (QED) is 0.521. The van der Waals surface area contributed by atoms with Crippen molar-refractivity contribution in [1.29, 1.82) is 0 Å². The SMILES string of the molecule is Clc1cc(Cl)c2c(c1)CC(I)CO2. The highest BCUT2D eigenvalue weighted by Gasteiger charge is 2.20. The molecule has 0 amide bonds. The lowest BCUT2D eigenvalue weighted by molar-refractivity contribution is 0.299. The van der Waals surface area contributed by atoms with Crippen molar-refractivity contribution in [2.75, 3.05) is 6.61 Å². The van der Waals surface area contributed by atoms with Crippen LogP contribution in [-0.2, 0) is 6.42 Å². The van der Waals surface area contributed by atoms with Gasteiger partial charge in [-0.15, -0.1) is 0 Å². The minimum atomic E-state index is 0.514. The molecular weight excluding hydrogens is 322 g/mol. The van der Waals surface area contributed by atoms with Crippen LogP contribution in [0.15, 0.2) is 12.1 Å². The molecule has 0 spiro atoms. The van der Waals surface area contributed by atoms with E-state index in [0.29, 0.717) is 14.0 Å². The second-order valence-corrected chi connectivity index (χ2v) is 5.59. The maximum atomic E-state index is 5.98. The first-order chi connectivity index (χ1) is 6.16. The average molecular weight is 329 g/mol. The lowest BCUT2D eigenvalue weighted by atomic mass is 10.1. The van der Waals surface area contributed by atoms with Gasteiger partial charge >= 0.3 is 0 Å². The van der Waals surface area contributed by atoms with E-state index in [4.69, 9.17) is 27.9 Å². The Morgan fingerprint density at radius 1 is 1.38 bits per heavy atom. The fourth-order valence-electron chi connectivity index (χ4n) is 1.40. The second kappa shape index (κ2) is 3.83. The molecule has 0 saturated carbocycles. The van der Waals surface area contributed by atoms with Gasteiger partial charge in [-0.25, -0.2) is 0 Å². The third-order valence-electron chi connectivity index (χ3n) is 1.94. The van der Waals surface area contributed by atoms with E-state index in [1.165, 1.54) is 0 Å². The van der Waals surface area contributed by atoms with Crippen molar-refractivity contribution in [1.82, 2.24) is 0 Å². The van der Waals surface area contributed by atoms with Crippen LogP contribution in [0.4, 0.5) is 0 Å². The lowest BCUT2D eigenvalue weighted by Crippen LogP contribution is -2.20. The summed E-state index contributed by atoms with van der Waals surface area (Å²) in [7, 11) is 0. The van der Waals surface area contributed by atoms with Crippen molar-refractivity contribution in [3.05, 3.63) is 27.7 Å². The van der Waals surface area contributed by atoms with E-state index in [-0.39, 0.29) is 0 Å². The first kappa shape index (κ1) is 9.87. The van der Waals surface area contributed by atoms with Gasteiger partial charge in [-0.3, -0.25) is 0 Å². The molecule has 0 fully saturated rings. The molecule has 1 aromatic rings. The van der Waals surface area contributed by atoms with Crippen molar-refractivity contribution >= 4 is 45.8 Å². The zero-order valence-electron chi connectivity index (χ0n) is 6.69. The van der Waals surface area contributed by atoms with Crippen LogP contribution < -0.4 is 4.74 Å². The molecule has 1 atom stereocenters. The Balaban J connectivity index is 2.47. The van der Waals surface area contributed by atoms with Crippen LogP contribution in [0.5, 0.6) is 5.75 Å². The van der Waals surface area contributed by atoms with E-state index in [0.717, 1.165) is 24.3 Å².